The molecule has 3 nitrogen and oxygen atoms in total. The van der Waals surface area contributed by atoms with Gasteiger partial charge in [0.2, 0.25) is 0 Å². The fraction of sp³-hybridized carbons (Fsp3) is 0.229. The zero-order valence-corrected chi connectivity index (χ0v) is 23.9. The first-order valence-electron chi connectivity index (χ1n) is 13.3. The number of ketones is 1. The molecule has 4 aromatic rings. The minimum Gasteiger partial charge on any atom is -0.324 e. The summed E-state index contributed by atoms with van der Waals surface area (Å²) in [6.07, 6.45) is 1.76. The smallest absolute Gasteiger partial charge is 0.164 e. The van der Waals surface area contributed by atoms with Crippen LogP contribution in [0, 0.1) is 0 Å². The van der Waals surface area contributed by atoms with E-state index in [1.807, 2.05) is 48.5 Å². The van der Waals surface area contributed by atoms with Crippen LogP contribution in [-0.2, 0) is 17.3 Å². The summed E-state index contributed by atoms with van der Waals surface area (Å²) >= 11 is 0. The van der Waals surface area contributed by atoms with E-state index in [0.29, 0.717) is 6.42 Å². The largest absolute Gasteiger partial charge is 0.324 e. The van der Waals surface area contributed by atoms with Gasteiger partial charge in [0.05, 0.1) is 0 Å². The van der Waals surface area contributed by atoms with E-state index in [1.165, 1.54) is 27.8 Å². The Bertz CT molecular complexity index is 1520. The summed E-state index contributed by atoms with van der Waals surface area (Å²) in [5.74, 6) is 5.39. The molecule has 4 aromatic carbocycles. The number of hydrazine groups is 1. The van der Waals surface area contributed by atoms with Gasteiger partial charge in [0, 0.05) is 23.1 Å². The number of carbonyl (C=O) groups is 1. The van der Waals surface area contributed by atoms with E-state index in [0.717, 1.165) is 17.7 Å². The number of hydrogen-bond donors (Lipinski definition) is 2. The first-order valence-corrected chi connectivity index (χ1v) is 13.3. The molecule has 3 aliphatic carbocycles. The summed E-state index contributed by atoms with van der Waals surface area (Å²) in [6, 6.07) is 35.3. The third kappa shape index (κ3) is 5.30. The van der Waals surface area contributed by atoms with Crippen molar-refractivity contribution >= 4 is 35.0 Å². The van der Waals surface area contributed by atoms with Crippen molar-refractivity contribution in [2.45, 2.75) is 51.4 Å². The average Bonchev–Trinajstić information content (AvgIpc) is 3.52. The Morgan fingerprint density at radius 3 is 1.82 bits per heavy atom. The predicted octanol–water partition coefficient (Wildman–Crippen LogP) is 8.39. The number of allylic oxidation sites excluding steroid dienone is 2. The van der Waals surface area contributed by atoms with Gasteiger partial charge in [0.1, 0.15) is 0 Å². The second kappa shape index (κ2) is 11.2. The summed E-state index contributed by atoms with van der Waals surface area (Å²) in [5, 5.41) is 0. The number of hydrogen-bond acceptors (Lipinski definition) is 3. The van der Waals surface area contributed by atoms with Crippen LogP contribution in [0.25, 0.3) is 11.1 Å². The number of nitrogen functional groups attached to an aromatic ring is 1. The van der Waals surface area contributed by atoms with Crippen molar-refractivity contribution < 1.29 is 4.79 Å². The molecule has 39 heavy (non-hydrogen) atoms. The first kappa shape index (κ1) is 28.4. The Morgan fingerprint density at radius 2 is 1.21 bits per heavy atom. The summed E-state index contributed by atoms with van der Waals surface area (Å²) in [7, 11) is 0. The fourth-order valence-corrected chi connectivity index (χ4v) is 6.17. The molecule has 0 saturated carbocycles. The van der Waals surface area contributed by atoms with Crippen molar-refractivity contribution in [3.63, 3.8) is 0 Å². The second-order valence-corrected chi connectivity index (χ2v) is 11.4. The van der Waals surface area contributed by atoms with Crippen molar-refractivity contribution in [1.82, 2.24) is 0 Å². The van der Waals surface area contributed by atoms with Crippen molar-refractivity contribution in [3.8, 4) is 0 Å². The highest BCUT2D eigenvalue weighted by atomic mass is 35.5. The SMILES string of the molecule is CC1(C)C2=C(Cc3ccccc32)c2ccccc21.CC1(C)CC(=O)c2ccccc21.Cl.NNc1ccccc1. The van der Waals surface area contributed by atoms with Crippen LogP contribution in [0.2, 0.25) is 0 Å². The van der Waals surface area contributed by atoms with Crippen LogP contribution in [0.3, 0.4) is 0 Å². The van der Waals surface area contributed by atoms with Crippen LogP contribution in [0.1, 0.15) is 72.3 Å². The van der Waals surface area contributed by atoms with E-state index >= 15 is 0 Å². The Kier molecular flexibility index (Phi) is 8.15. The van der Waals surface area contributed by atoms with Gasteiger partial charge in [0.15, 0.2) is 5.78 Å². The number of carbonyl (C=O) groups excluding carboxylic acids is 1. The zero-order chi connectivity index (χ0) is 26.9. The summed E-state index contributed by atoms with van der Waals surface area (Å²) in [6.45, 7) is 8.96. The third-order valence-corrected chi connectivity index (χ3v) is 8.01. The maximum absolute atomic E-state index is 11.5. The lowest BCUT2D eigenvalue weighted by molar-refractivity contribution is 0.0979. The van der Waals surface area contributed by atoms with Crippen molar-refractivity contribution in [2.75, 3.05) is 5.43 Å². The normalized spacial score (nSPS) is 16.3. The lowest BCUT2D eigenvalue weighted by atomic mass is 9.78. The van der Waals surface area contributed by atoms with E-state index in [1.54, 1.807) is 11.1 Å². The van der Waals surface area contributed by atoms with Crippen LogP contribution >= 0.6 is 12.4 Å². The summed E-state index contributed by atoms with van der Waals surface area (Å²) < 4.78 is 0. The van der Waals surface area contributed by atoms with Gasteiger partial charge in [-0.15, -0.1) is 12.4 Å². The van der Waals surface area contributed by atoms with E-state index in [4.69, 9.17) is 5.84 Å². The number of rotatable bonds is 1. The summed E-state index contributed by atoms with van der Waals surface area (Å²) in [5.41, 5.74) is 14.8. The van der Waals surface area contributed by atoms with Crippen molar-refractivity contribution in [1.29, 1.82) is 0 Å². The summed E-state index contributed by atoms with van der Waals surface area (Å²) in [4.78, 5) is 11.5. The molecule has 200 valence electrons. The van der Waals surface area contributed by atoms with E-state index in [2.05, 4.69) is 87.7 Å². The van der Waals surface area contributed by atoms with Crippen molar-refractivity contribution in [2.24, 2.45) is 5.84 Å². The zero-order valence-electron chi connectivity index (χ0n) is 23.1. The molecule has 0 saturated heterocycles. The lowest BCUT2D eigenvalue weighted by Crippen LogP contribution is -2.16. The van der Waals surface area contributed by atoms with Crippen LogP contribution in [0.4, 0.5) is 5.69 Å². The molecule has 3 aliphatic rings. The maximum atomic E-state index is 11.5. The van der Waals surface area contributed by atoms with Crippen molar-refractivity contribution in [3.05, 3.63) is 137 Å². The number of halogens is 1. The van der Waals surface area contributed by atoms with E-state index in [9.17, 15) is 4.79 Å². The topological polar surface area (TPSA) is 55.1 Å². The highest BCUT2D eigenvalue weighted by molar-refractivity contribution is 6.06. The number of anilines is 1. The molecule has 3 N–H and O–H groups in total. The fourth-order valence-electron chi connectivity index (χ4n) is 6.17. The van der Waals surface area contributed by atoms with Crippen LogP contribution < -0.4 is 11.3 Å². The molecule has 0 amide bonds. The van der Waals surface area contributed by atoms with Gasteiger partial charge in [-0.1, -0.05) is 119 Å². The van der Waals surface area contributed by atoms with Gasteiger partial charge >= 0.3 is 0 Å². The number of para-hydroxylation sites is 1. The minimum atomic E-state index is 0. The first-order chi connectivity index (χ1) is 18.2. The average molecular weight is 537 g/mol. The molecule has 4 heteroatoms. The molecule has 0 aromatic heterocycles. The third-order valence-electron chi connectivity index (χ3n) is 8.01. The van der Waals surface area contributed by atoms with Crippen LogP contribution in [-0.4, -0.2) is 5.78 Å². The molecule has 0 unspecified atom stereocenters. The van der Waals surface area contributed by atoms with Gasteiger partial charge in [-0.05, 0) is 62.9 Å². The quantitative estimate of drug-likeness (QED) is 0.190. The van der Waals surface area contributed by atoms with Crippen LogP contribution in [0.15, 0.2) is 103 Å². The molecule has 0 aliphatic heterocycles. The monoisotopic (exact) mass is 536 g/mol. The second-order valence-electron chi connectivity index (χ2n) is 11.4. The highest BCUT2D eigenvalue weighted by Crippen LogP contribution is 2.55. The Hall–Kier alpha value is -3.66. The molecule has 0 fully saturated rings. The van der Waals surface area contributed by atoms with Crippen LogP contribution in [0.5, 0.6) is 0 Å². The number of fused-ring (bicyclic) bond motifs is 5. The molecule has 7 rings (SSSR count). The predicted molar refractivity (Wildman–Crippen MR) is 166 cm³/mol. The van der Waals surface area contributed by atoms with Gasteiger partial charge < -0.3 is 5.43 Å². The molecule has 0 radical (unpaired) electrons. The van der Waals surface area contributed by atoms with Gasteiger partial charge in [-0.2, -0.15) is 0 Å². The number of nitrogens with one attached hydrogen (secondary N) is 1. The van der Waals surface area contributed by atoms with Gasteiger partial charge in [-0.25, -0.2) is 0 Å². The Labute approximate surface area is 238 Å². The standard InChI is InChI=1S/C18H16.C11H12O.C6H8N2.ClH/c1-18(2)16-10-6-5-9-14(16)15-11-12-7-3-4-8-13(12)17(15)18;1-11(2)7-10(12)8-5-3-4-6-9(8)11;7-8-6-4-2-1-3-5-6;/h3-10H,11H2,1-2H3;3-6H,7H2,1-2H3;1-5,8H,7H2;1H. The van der Waals surface area contributed by atoms with Gasteiger partial charge in [0.25, 0.3) is 0 Å². The highest BCUT2D eigenvalue weighted by Gasteiger charge is 2.41. The number of Topliss-reactive ketones (excluding diaryl/α,β-unsaturated/α-hetero) is 1. The maximum Gasteiger partial charge on any atom is 0.164 e. The van der Waals surface area contributed by atoms with Gasteiger partial charge in [-0.3, -0.25) is 10.6 Å². The molecule has 0 atom stereocenters. The minimum absolute atomic E-state index is 0. The Balaban J connectivity index is 0.000000146. The van der Waals surface area contributed by atoms with E-state index in [-0.39, 0.29) is 29.0 Å². The van der Waals surface area contributed by atoms with E-state index < -0.39 is 0 Å². The molecular weight excluding hydrogens is 500 g/mol. The number of benzene rings is 4. The lowest BCUT2D eigenvalue weighted by Gasteiger charge is -2.25. The Morgan fingerprint density at radius 1 is 0.667 bits per heavy atom. The molecular formula is C35H37ClN2O. The number of nitrogens with two attached hydrogens (primary N) is 1. The molecule has 0 bridgehead atoms. The molecule has 0 spiro atoms. The molecule has 0 heterocycles.